The maximum absolute atomic E-state index is 11.9. The van der Waals surface area contributed by atoms with Gasteiger partial charge in [-0.15, -0.1) is 11.6 Å². The van der Waals surface area contributed by atoms with E-state index < -0.39 is 5.54 Å². The number of hydrogen-bond acceptors (Lipinski definition) is 1. The van der Waals surface area contributed by atoms with Crippen LogP contribution in [0.3, 0.4) is 0 Å². The number of carbonyl (C=O) groups excluding carboxylic acids is 1. The van der Waals surface area contributed by atoms with Crippen molar-refractivity contribution >= 4 is 40.1 Å². The second-order valence-electron chi connectivity index (χ2n) is 4.30. The van der Waals surface area contributed by atoms with Crippen LogP contribution in [-0.2, 0) is 0 Å². The third-order valence-electron chi connectivity index (χ3n) is 2.52. The molecule has 0 radical (unpaired) electrons. The molecule has 1 atom stereocenters. The predicted molar refractivity (Wildman–Crippen MR) is 76.0 cm³/mol. The molecule has 0 fully saturated rings. The van der Waals surface area contributed by atoms with Crippen LogP contribution in [0.4, 0.5) is 0 Å². The lowest BCUT2D eigenvalue weighted by Gasteiger charge is -2.29. The molecule has 1 unspecified atom stereocenters. The Labute approximate surface area is 115 Å². The quantitative estimate of drug-likeness (QED) is 0.656. The van der Waals surface area contributed by atoms with Gasteiger partial charge in [-0.05, 0) is 61.6 Å². The Kier molecular flexibility index (Phi) is 4.62. The average molecular weight is 352 g/mol. The highest BCUT2D eigenvalue weighted by molar-refractivity contribution is 14.1. The van der Waals surface area contributed by atoms with Gasteiger partial charge in [0, 0.05) is 9.13 Å². The minimum Gasteiger partial charge on any atom is -0.346 e. The van der Waals surface area contributed by atoms with Gasteiger partial charge in [0.15, 0.2) is 0 Å². The van der Waals surface area contributed by atoms with Crippen molar-refractivity contribution in [2.24, 2.45) is 0 Å². The third kappa shape index (κ3) is 3.63. The van der Waals surface area contributed by atoms with Crippen molar-refractivity contribution in [2.45, 2.75) is 31.7 Å². The number of benzene rings is 1. The molecule has 0 heterocycles. The minimum absolute atomic E-state index is 0.0870. The maximum Gasteiger partial charge on any atom is 0.251 e. The van der Waals surface area contributed by atoms with Gasteiger partial charge in [0.2, 0.25) is 0 Å². The second-order valence-corrected chi connectivity index (χ2v) is 6.20. The lowest BCUT2D eigenvalue weighted by atomic mass is 10.0. The fourth-order valence-electron chi connectivity index (χ4n) is 1.09. The fraction of sp³-hybridized carbons (Fsp3) is 0.417. The van der Waals surface area contributed by atoms with Gasteiger partial charge >= 0.3 is 0 Å². The van der Waals surface area contributed by atoms with Crippen LogP contribution in [0.25, 0.3) is 0 Å². The zero-order valence-electron chi connectivity index (χ0n) is 9.55. The van der Waals surface area contributed by atoms with Crippen LogP contribution in [0.1, 0.15) is 31.1 Å². The van der Waals surface area contributed by atoms with E-state index in [-0.39, 0.29) is 11.3 Å². The third-order valence-corrected chi connectivity index (χ3v) is 3.73. The van der Waals surface area contributed by atoms with Crippen LogP contribution in [-0.4, -0.2) is 16.8 Å². The number of alkyl halides is 1. The zero-order valence-corrected chi connectivity index (χ0v) is 12.5. The van der Waals surface area contributed by atoms with Crippen LogP contribution < -0.4 is 5.32 Å². The van der Waals surface area contributed by atoms with E-state index in [0.717, 1.165) is 3.57 Å². The molecule has 1 rings (SSSR count). The van der Waals surface area contributed by atoms with E-state index in [1.807, 2.05) is 39.0 Å². The summed E-state index contributed by atoms with van der Waals surface area (Å²) in [5.74, 6) is -0.0870. The molecule has 0 aliphatic rings. The minimum atomic E-state index is -0.417. The lowest BCUT2D eigenvalue weighted by molar-refractivity contribution is 0.0912. The molecular weight excluding hydrogens is 336 g/mol. The molecular formula is C12H15ClINO. The first-order chi connectivity index (χ1) is 7.33. The van der Waals surface area contributed by atoms with Crippen molar-refractivity contribution in [1.29, 1.82) is 0 Å². The Hall–Kier alpha value is -0.290. The summed E-state index contributed by atoms with van der Waals surface area (Å²) >= 11 is 8.20. The summed E-state index contributed by atoms with van der Waals surface area (Å²) in [6.45, 7) is 5.70. The Balaban J connectivity index is 2.81. The Bertz CT molecular complexity index is 390. The van der Waals surface area contributed by atoms with E-state index in [9.17, 15) is 4.79 Å². The van der Waals surface area contributed by atoms with Gasteiger partial charge in [-0.2, -0.15) is 0 Å². The summed E-state index contributed by atoms with van der Waals surface area (Å²) in [6.07, 6.45) is 0. The zero-order chi connectivity index (χ0) is 12.3. The first-order valence-electron chi connectivity index (χ1n) is 5.05. The number of hydrogen-bond donors (Lipinski definition) is 1. The Morgan fingerprint density at radius 3 is 2.62 bits per heavy atom. The highest BCUT2D eigenvalue weighted by Gasteiger charge is 2.26. The second kappa shape index (κ2) is 5.36. The molecule has 2 nitrogen and oxygen atoms in total. The standard InChI is InChI=1S/C12H15ClINO/c1-8(13)12(2,3)15-11(16)9-5-4-6-10(14)7-9/h4-8H,1-3H3,(H,15,16). The van der Waals surface area contributed by atoms with Crippen LogP contribution in [0.15, 0.2) is 24.3 Å². The van der Waals surface area contributed by atoms with Gasteiger partial charge in [-0.1, -0.05) is 6.07 Å². The SMILES string of the molecule is CC(Cl)C(C)(C)NC(=O)c1cccc(I)c1. The van der Waals surface area contributed by atoms with E-state index in [1.165, 1.54) is 0 Å². The molecule has 0 spiro atoms. The van der Waals surface area contributed by atoms with E-state index in [4.69, 9.17) is 11.6 Å². The van der Waals surface area contributed by atoms with Gasteiger partial charge in [-0.3, -0.25) is 4.79 Å². The molecule has 1 N–H and O–H groups in total. The lowest BCUT2D eigenvalue weighted by Crippen LogP contribution is -2.49. The molecule has 0 saturated heterocycles. The molecule has 0 aliphatic heterocycles. The molecule has 0 saturated carbocycles. The van der Waals surface area contributed by atoms with Gasteiger partial charge in [0.25, 0.3) is 5.91 Å². The van der Waals surface area contributed by atoms with Gasteiger partial charge in [-0.25, -0.2) is 0 Å². The normalized spacial score (nSPS) is 13.3. The summed E-state index contributed by atoms with van der Waals surface area (Å²) in [6, 6.07) is 7.47. The van der Waals surface area contributed by atoms with E-state index in [0.29, 0.717) is 5.56 Å². The monoisotopic (exact) mass is 351 g/mol. The molecule has 88 valence electrons. The predicted octanol–water partition coefficient (Wildman–Crippen LogP) is 3.43. The van der Waals surface area contributed by atoms with Gasteiger partial charge < -0.3 is 5.32 Å². The first kappa shape index (κ1) is 13.8. The summed E-state index contributed by atoms with van der Waals surface area (Å²) in [4.78, 5) is 11.9. The molecule has 0 bridgehead atoms. The van der Waals surface area contributed by atoms with Gasteiger partial charge in [0.1, 0.15) is 0 Å². The van der Waals surface area contributed by atoms with E-state index in [2.05, 4.69) is 27.9 Å². The van der Waals surface area contributed by atoms with Crippen LogP contribution in [0.2, 0.25) is 0 Å². The largest absolute Gasteiger partial charge is 0.346 e. The number of amides is 1. The molecule has 1 aromatic rings. The van der Waals surface area contributed by atoms with Crippen LogP contribution >= 0.6 is 34.2 Å². The Morgan fingerprint density at radius 1 is 1.50 bits per heavy atom. The van der Waals surface area contributed by atoms with Crippen LogP contribution in [0, 0.1) is 3.57 Å². The van der Waals surface area contributed by atoms with Crippen molar-refractivity contribution in [3.63, 3.8) is 0 Å². The first-order valence-corrected chi connectivity index (χ1v) is 6.56. The van der Waals surface area contributed by atoms with E-state index in [1.54, 1.807) is 6.07 Å². The summed E-state index contributed by atoms with van der Waals surface area (Å²) in [5.41, 5.74) is 0.247. The van der Waals surface area contributed by atoms with Crippen molar-refractivity contribution in [3.05, 3.63) is 33.4 Å². The highest BCUT2D eigenvalue weighted by atomic mass is 127. The molecule has 0 aliphatic carbocycles. The smallest absolute Gasteiger partial charge is 0.251 e. The highest BCUT2D eigenvalue weighted by Crippen LogP contribution is 2.16. The van der Waals surface area contributed by atoms with Crippen LogP contribution in [0.5, 0.6) is 0 Å². The molecule has 1 aromatic carbocycles. The van der Waals surface area contributed by atoms with Crippen molar-refractivity contribution in [2.75, 3.05) is 0 Å². The van der Waals surface area contributed by atoms with Crippen molar-refractivity contribution < 1.29 is 4.79 Å². The molecule has 16 heavy (non-hydrogen) atoms. The molecule has 4 heteroatoms. The number of rotatable bonds is 3. The topological polar surface area (TPSA) is 29.1 Å². The fourth-order valence-corrected chi connectivity index (χ4v) is 1.69. The summed E-state index contributed by atoms with van der Waals surface area (Å²) < 4.78 is 1.04. The van der Waals surface area contributed by atoms with Gasteiger partial charge in [0.05, 0.1) is 10.9 Å². The summed E-state index contributed by atoms with van der Waals surface area (Å²) in [5, 5.41) is 2.80. The maximum atomic E-state index is 11.9. The van der Waals surface area contributed by atoms with E-state index >= 15 is 0 Å². The molecule has 0 aromatic heterocycles. The molecule has 1 amide bonds. The average Bonchev–Trinajstić information content (AvgIpc) is 2.16. The van der Waals surface area contributed by atoms with Crippen molar-refractivity contribution in [3.8, 4) is 0 Å². The number of nitrogens with one attached hydrogen (secondary N) is 1. The number of halogens is 2. The summed E-state index contributed by atoms with van der Waals surface area (Å²) in [7, 11) is 0. The Morgan fingerprint density at radius 2 is 2.12 bits per heavy atom. The van der Waals surface area contributed by atoms with Crippen molar-refractivity contribution in [1.82, 2.24) is 5.32 Å². The number of carbonyl (C=O) groups is 1.